The molecule has 1 fully saturated rings. The molecule has 1 aromatic heterocycles. The Labute approximate surface area is 94.9 Å². The molecule has 1 saturated carbocycles. The summed E-state index contributed by atoms with van der Waals surface area (Å²) in [7, 11) is -3.50. The topological polar surface area (TPSA) is 90.0 Å². The van der Waals surface area contributed by atoms with Crippen molar-refractivity contribution < 1.29 is 8.42 Å². The zero-order chi connectivity index (χ0) is 11.9. The van der Waals surface area contributed by atoms with Crippen LogP contribution in [0.3, 0.4) is 0 Å². The van der Waals surface area contributed by atoms with E-state index in [9.17, 15) is 8.42 Å². The molecule has 1 aliphatic carbocycles. The van der Waals surface area contributed by atoms with E-state index in [1.807, 2.05) is 6.92 Å². The van der Waals surface area contributed by atoms with Crippen molar-refractivity contribution in [2.75, 3.05) is 0 Å². The molecule has 0 aromatic carbocycles. The van der Waals surface area contributed by atoms with Crippen molar-refractivity contribution in [2.24, 2.45) is 5.73 Å². The van der Waals surface area contributed by atoms with Gasteiger partial charge in [-0.25, -0.2) is 18.1 Å². The highest BCUT2D eigenvalue weighted by Crippen LogP contribution is 2.21. The molecule has 0 spiro atoms. The van der Waals surface area contributed by atoms with Gasteiger partial charge < -0.3 is 10.3 Å². The van der Waals surface area contributed by atoms with E-state index in [4.69, 9.17) is 5.73 Å². The van der Waals surface area contributed by atoms with Crippen LogP contribution in [0.2, 0.25) is 0 Å². The van der Waals surface area contributed by atoms with Gasteiger partial charge in [0.05, 0.1) is 0 Å². The summed E-state index contributed by atoms with van der Waals surface area (Å²) >= 11 is 0. The van der Waals surface area contributed by atoms with Gasteiger partial charge in [-0.3, -0.25) is 0 Å². The Morgan fingerprint density at radius 2 is 2.31 bits per heavy atom. The average Bonchev–Trinajstić information content (AvgIpc) is 2.74. The summed E-state index contributed by atoms with van der Waals surface area (Å²) in [4.78, 5) is 4.03. The lowest BCUT2D eigenvalue weighted by atomic mass is 10.6. The number of rotatable bonds is 4. The van der Waals surface area contributed by atoms with Crippen molar-refractivity contribution >= 4 is 10.0 Å². The van der Waals surface area contributed by atoms with E-state index in [2.05, 4.69) is 9.71 Å². The van der Waals surface area contributed by atoms with Crippen LogP contribution in [0.15, 0.2) is 11.2 Å². The number of aryl methyl sites for hydroxylation is 2. The fraction of sp³-hybridized carbons (Fsp3) is 0.667. The van der Waals surface area contributed by atoms with Crippen molar-refractivity contribution in [1.29, 1.82) is 0 Å². The van der Waals surface area contributed by atoms with E-state index < -0.39 is 10.0 Å². The summed E-state index contributed by atoms with van der Waals surface area (Å²) in [5.74, 6) is 0.697. The maximum Gasteiger partial charge on any atom is 0.259 e. The second-order valence-corrected chi connectivity index (χ2v) is 5.70. The van der Waals surface area contributed by atoms with E-state index in [1.54, 1.807) is 17.7 Å². The lowest BCUT2D eigenvalue weighted by molar-refractivity contribution is 0.576. The van der Waals surface area contributed by atoms with Gasteiger partial charge in [-0.2, -0.15) is 0 Å². The Hall–Kier alpha value is -0.920. The van der Waals surface area contributed by atoms with Gasteiger partial charge in [0.25, 0.3) is 10.0 Å². The number of nitrogens with zero attached hydrogens (tertiary/aromatic N) is 2. The quantitative estimate of drug-likeness (QED) is 0.753. The molecule has 0 aliphatic heterocycles. The fourth-order valence-corrected chi connectivity index (χ4v) is 2.85. The van der Waals surface area contributed by atoms with Crippen LogP contribution in [0.25, 0.3) is 0 Å². The summed E-state index contributed by atoms with van der Waals surface area (Å²) in [6.45, 7) is 4.43. The van der Waals surface area contributed by atoms with Crippen molar-refractivity contribution in [3.8, 4) is 0 Å². The van der Waals surface area contributed by atoms with Gasteiger partial charge >= 0.3 is 0 Å². The zero-order valence-corrected chi connectivity index (χ0v) is 10.2. The summed E-state index contributed by atoms with van der Waals surface area (Å²) in [6, 6.07) is -0.179. The molecular weight excluding hydrogens is 228 g/mol. The second-order valence-electron chi connectivity index (χ2n) is 4.04. The lowest BCUT2D eigenvalue weighted by Gasteiger charge is -2.01. The molecule has 2 atom stereocenters. The highest BCUT2D eigenvalue weighted by Gasteiger charge is 2.37. The molecule has 0 saturated heterocycles. The first-order valence-corrected chi connectivity index (χ1v) is 6.74. The number of hydrogen-bond acceptors (Lipinski definition) is 4. The standard InChI is InChI=1S/C9H16N4O2S/c1-3-13-5-9(11-6(13)2)16(14,15)12-8-4-7(8)10/h5,7-8,12H,3-4,10H2,1-2H3. The highest BCUT2D eigenvalue weighted by atomic mass is 32.2. The molecule has 0 bridgehead atoms. The molecule has 6 nitrogen and oxygen atoms in total. The van der Waals surface area contributed by atoms with Crippen LogP contribution in [0.5, 0.6) is 0 Å². The first kappa shape index (κ1) is 11.6. The van der Waals surface area contributed by atoms with Gasteiger partial charge in [0.1, 0.15) is 5.82 Å². The number of sulfonamides is 1. The van der Waals surface area contributed by atoms with E-state index >= 15 is 0 Å². The fourth-order valence-electron chi connectivity index (χ4n) is 1.54. The number of hydrogen-bond donors (Lipinski definition) is 2. The third kappa shape index (κ3) is 2.11. The predicted octanol–water partition coefficient (Wildman–Crippen LogP) is -0.411. The van der Waals surface area contributed by atoms with Gasteiger partial charge in [-0.1, -0.05) is 0 Å². The molecule has 0 amide bonds. The van der Waals surface area contributed by atoms with Gasteiger partial charge in [-0.05, 0) is 20.3 Å². The van der Waals surface area contributed by atoms with Crippen LogP contribution < -0.4 is 10.5 Å². The smallest absolute Gasteiger partial charge is 0.259 e. The Bertz CT molecular complexity index is 494. The maximum absolute atomic E-state index is 11.9. The number of nitrogens with two attached hydrogens (primary N) is 1. The molecule has 1 aromatic rings. The molecule has 3 N–H and O–H groups in total. The van der Waals surface area contributed by atoms with Crippen molar-refractivity contribution in [3.05, 3.63) is 12.0 Å². The van der Waals surface area contributed by atoms with Gasteiger partial charge in [0, 0.05) is 24.8 Å². The van der Waals surface area contributed by atoms with E-state index in [1.165, 1.54) is 0 Å². The van der Waals surface area contributed by atoms with Gasteiger partial charge in [0.2, 0.25) is 0 Å². The average molecular weight is 244 g/mol. The SMILES string of the molecule is CCn1cc(S(=O)(=O)NC2CC2N)nc1C. The Kier molecular flexibility index (Phi) is 2.77. The second kappa shape index (κ2) is 3.83. The highest BCUT2D eigenvalue weighted by molar-refractivity contribution is 7.89. The van der Waals surface area contributed by atoms with Crippen LogP contribution in [-0.2, 0) is 16.6 Å². The first-order chi connectivity index (χ1) is 7.44. The first-order valence-electron chi connectivity index (χ1n) is 5.25. The predicted molar refractivity (Wildman–Crippen MR) is 59.3 cm³/mol. The molecule has 7 heteroatoms. The molecular formula is C9H16N4O2S. The van der Waals surface area contributed by atoms with Crippen LogP contribution in [0, 0.1) is 6.92 Å². The minimum Gasteiger partial charge on any atom is -0.334 e. The largest absolute Gasteiger partial charge is 0.334 e. The lowest BCUT2D eigenvalue weighted by Crippen LogP contribution is -2.30. The molecule has 1 aliphatic rings. The maximum atomic E-state index is 11.9. The Balaban J connectivity index is 2.21. The molecule has 16 heavy (non-hydrogen) atoms. The van der Waals surface area contributed by atoms with Crippen molar-refractivity contribution in [3.63, 3.8) is 0 Å². The molecule has 2 unspecified atom stereocenters. The molecule has 0 radical (unpaired) electrons. The van der Waals surface area contributed by atoms with Crippen LogP contribution in [0.1, 0.15) is 19.2 Å². The summed E-state index contributed by atoms with van der Waals surface area (Å²) < 4.78 is 28.1. The number of aromatic nitrogens is 2. The Morgan fingerprint density at radius 1 is 1.69 bits per heavy atom. The van der Waals surface area contributed by atoms with E-state index in [0.717, 1.165) is 0 Å². The third-order valence-electron chi connectivity index (χ3n) is 2.72. The van der Waals surface area contributed by atoms with E-state index in [0.29, 0.717) is 18.8 Å². The summed E-state index contributed by atoms with van der Waals surface area (Å²) in [5, 5.41) is 0.0750. The van der Waals surface area contributed by atoms with Crippen molar-refractivity contribution in [1.82, 2.24) is 14.3 Å². The number of imidazole rings is 1. The number of nitrogens with one attached hydrogen (secondary N) is 1. The van der Waals surface area contributed by atoms with Gasteiger partial charge in [-0.15, -0.1) is 0 Å². The molecule has 2 rings (SSSR count). The van der Waals surface area contributed by atoms with Crippen LogP contribution >= 0.6 is 0 Å². The summed E-state index contributed by atoms with van der Waals surface area (Å²) in [6.07, 6.45) is 2.25. The monoisotopic (exact) mass is 244 g/mol. The van der Waals surface area contributed by atoms with E-state index in [-0.39, 0.29) is 17.1 Å². The van der Waals surface area contributed by atoms with Gasteiger partial charge in [0.15, 0.2) is 5.03 Å². The van der Waals surface area contributed by atoms with Crippen LogP contribution in [-0.4, -0.2) is 30.1 Å². The molecule has 1 heterocycles. The minimum atomic E-state index is -3.50. The zero-order valence-electron chi connectivity index (χ0n) is 9.34. The minimum absolute atomic E-state index is 0.0517. The normalized spacial score (nSPS) is 24.7. The van der Waals surface area contributed by atoms with Crippen LogP contribution in [0.4, 0.5) is 0 Å². The third-order valence-corrected chi connectivity index (χ3v) is 4.08. The van der Waals surface area contributed by atoms with Crippen molar-refractivity contribution in [2.45, 2.75) is 43.9 Å². The molecule has 90 valence electrons. The Morgan fingerprint density at radius 3 is 2.75 bits per heavy atom. The summed E-state index contributed by atoms with van der Waals surface area (Å²) in [5.41, 5.74) is 5.56.